The lowest BCUT2D eigenvalue weighted by atomic mass is 10.1. The van der Waals surface area contributed by atoms with Gasteiger partial charge in [-0.1, -0.05) is 15.9 Å². The standard InChI is InChI=1S/C15H12BrNO2/c1-18-10-4-6-13-12(8-10)15(19-2)11-5-3-9(16)7-14(11)17-13/h3-8H,1-2H3. The maximum absolute atomic E-state index is 5.57. The number of hydrogen-bond acceptors (Lipinski definition) is 3. The maximum Gasteiger partial charge on any atom is 0.137 e. The van der Waals surface area contributed by atoms with Crippen LogP contribution >= 0.6 is 15.9 Å². The highest BCUT2D eigenvalue weighted by Gasteiger charge is 2.10. The summed E-state index contributed by atoms with van der Waals surface area (Å²) in [7, 11) is 3.33. The summed E-state index contributed by atoms with van der Waals surface area (Å²) in [5.41, 5.74) is 1.80. The Labute approximate surface area is 119 Å². The number of methoxy groups -OCH3 is 2. The van der Waals surface area contributed by atoms with Crippen molar-refractivity contribution in [2.24, 2.45) is 0 Å². The first-order chi connectivity index (χ1) is 9.22. The van der Waals surface area contributed by atoms with Crippen LogP contribution in [0.5, 0.6) is 11.5 Å². The average Bonchev–Trinajstić information content (AvgIpc) is 2.44. The molecular formula is C15H12BrNO2. The van der Waals surface area contributed by atoms with E-state index in [0.29, 0.717) is 0 Å². The molecule has 0 aliphatic rings. The third kappa shape index (κ3) is 2.02. The molecule has 0 atom stereocenters. The maximum atomic E-state index is 5.57. The molecule has 3 aromatic rings. The summed E-state index contributed by atoms with van der Waals surface area (Å²) in [4.78, 5) is 4.66. The van der Waals surface area contributed by atoms with E-state index in [-0.39, 0.29) is 0 Å². The fraction of sp³-hybridized carbons (Fsp3) is 0.133. The average molecular weight is 318 g/mol. The number of aromatic nitrogens is 1. The SMILES string of the molecule is COc1ccc2nc3cc(Br)ccc3c(OC)c2c1. The summed E-state index contributed by atoms with van der Waals surface area (Å²) >= 11 is 3.46. The molecule has 4 heteroatoms. The van der Waals surface area contributed by atoms with E-state index in [4.69, 9.17) is 9.47 Å². The summed E-state index contributed by atoms with van der Waals surface area (Å²) in [5.74, 6) is 1.62. The lowest BCUT2D eigenvalue weighted by Crippen LogP contribution is -1.92. The van der Waals surface area contributed by atoms with Crippen molar-refractivity contribution in [2.45, 2.75) is 0 Å². The van der Waals surface area contributed by atoms with Crippen LogP contribution in [0.25, 0.3) is 21.8 Å². The van der Waals surface area contributed by atoms with Gasteiger partial charge in [0.25, 0.3) is 0 Å². The highest BCUT2D eigenvalue weighted by molar-refractivity contribution is 9.10. The van der Waals surface area contributed by atoms with Gasteiger partial charge < -0.3 is 9.47 Å². The van der Waals surface area contributed by atoms with Crippen LogP contribution in [0.4, 0.5) is 0 Å². The topological polar surface area (TPSA) is 31.4 Å². The van der Waals surface area contributed by atoms with Crippen LogP contribution in [0.1, 0.15) is 0 Å². The number of rotatable bonds is 2. The molecule has 3 nitrogen and oxygen atoms in total. The second-order valence-corrected chi connectivity index (χ2v) is 5.11. The lowest BCUT2D eigenvalue weighted by molar-refractivity contribution is 0.413. The van der Waals surface area contributed by atoms with Gasteiger partial charge in [-0.05, 0) is 36.4 Å². The predicted octanol–water partition coefficient (Wildman–Crippen LogP) is 4.17. The van der Waals surface area contributed by atoms with Crippen molar-refractivity contribution in [1.82, 2.24) is 4.98 Å². The zero-order valence-corrected chi connectivity index (χ0v) is 12.2. The number of ether oxygens (including phenoxy) is 2. The monoisotopic (exact) mass is 317 g/mol. The quantitative estimate of drug-likeness (QED) is 0.665. The molecule has 0 bridgehead atoms. The number of fused-ring (bicyclic) bond motifs is 2. The van der Waals surface area contributed by atoms with Crippen LogP contribution in [0.2, 0.25) is 0 Å². The highest BCUT2D eigenvalue weighted by atomic mass is 79.9. The van der Waals surface area contributed by atoms with E-state index in [1.165, 1.54) is 0 Å². The number of nitrogens with zero attached hydrogens (tertiary/aromatic N) is 1. The van der Waals surface area contributed by atoms with Gasteiger partial charge in [0.1, 0.15) is 11.5 Å². The van der Waals surface area contributed by atoms with Crippen molar-refractivity contribution >= 4 is 37.7 Å². The van der Waals surface area contributed by atoms with Crippen molar-refractivity contribution in [2.75, 3.05) is 14.2 Å². The van der Waals surface area contributed by atoms with Gasteiger partial charge in [0.2, 0.25) is 0 Å². The van der Waals surface area contributed by atoms with Crippen molar-refractivity contribution in [3.05, 3.63) is 40.9 Å². The van der Waals surface area contributed by atoms with Crippen molar-refractivity contribution < 1.29 is 9.47 Å². The first-order valence-electron chi connectivity index (χ1n) is 5.84. The molecule has 0 radical (unpaired) electrons. The van der Waals surface area contributed by atoms with Crippen LogP contribution in [-0.4, -0.2) is 19.2 Å². The summed E-state index contributed by atoms with van der Waals surface area (Å²) in [6.07, 6.45) is 0. The van der Waals surface area contributed by atoms with Crippen LogP contribution in [0.3, 0.4) is 0 Å². The molecule has 0 saturated carbocycles. The third-order valence-electron chi connectivity index (χ3n) is 3.10. The summed E-state index contributed by atoms with van der Waals surface area (Å²) in [6.45, 7) is 0. The van der Waals surface area contributed by atoms with Gasteiger partial charge in [-0.3, -0.25) is 0 Å². The fourth-order valence-corrected chi connectivity index (χ4v) is 2.55. The molecule has 19 heavy (non-hydrogen) atoms. The van der Waals surface area contributed by atoms with Gasteiger partial charge in [0, 0.05) is 15.2 Å². The molecule has 0 N–H and O–H groups in total. The Morgan fingerprint density at radius 1 is 0.895 bits per heavy atom. The minimum atomic E-state index is 0.795. The predicted molar refractivity (Wildman–Crippen MR) is 80.1 cm³/mol. The molecular weight excluding hydrogens is 306 g/mol. The van der Waals surface area contributed by atoms with Crippen LogP contribution in [0.15, 0.2) is 40.9 Å². The van der Waals surface area contributed by atoms with Crippen LogP contribution in [-0.2, 0) is 0 Å². The number of hydrogen-bond donors (Lipinski definition) is 0. The molecule has 1 heterocycles. The largest absolute Gasteiger partial charge is 0.497 e. The van der Waals surface area contributed by atoms with E-state index in [9.17, 15) is 0 Å². The van der Waals surface area contributed by atoms with Crippen molar-refractivity contribution in [3.63, 3.8) is 0 Å². The Bertz CT molecular complexity index is 771. The van der Waals surface area contributed by atoms with Gasteiger partial charge in [0.05, 0.1) is 25.3 Å². The molecule has 2 aromatic carbocycles. The minimum absolute atomic E-state index is 0.795. The first-order valence-corrected chi connectivity index (χ1v) is 6.63. The fourth-order valence-electron chi connectivity index (χ4n) is 2.21. The molecule has 0 amide bonds. The Kier molecular flexibility index (Phi) is 3.03. The molecule has 3 rings (SSSR count). The van der Waals surface area contributed by atoms with Gasteiger partial charge in [-0.2, -0.15) is 0 Å². The molecule has 96 valence electrons. The minimum Gasteiger partial charge on any atom is -0.497 e. The molecule has 1 aromatic heterocycles. The van der Waals surface area contributed by atoms with E-state index >= 15 is 0 Å². The van der Waals surface area contributed by atoms with E-state index in [2.05, 4.69) is 20.9 Å². The molecule has 0 saturated heterocycles. The van der Waals surface area contributed by atoms with E-state index < -0.39 is 0 Å². The van der Waals surface area contributed by atoms with Crippen molar-refractivity contribution in [1.29, 1.82) is 0 Å². The zero-order chi connectivity index (χ0) is 13.4. The third-order valence-corrected chi connectivity index (χ3v) is 3.59. The van der Waals surface area contributed by atoms with Crippen LogP contribution in [0, 0.1) is 0 Å². The highest BCUT2D eigenvalue weighted by Crippen LogP contribution is 2.35. The second kappa shape index (κ2) is 4.70. The molecule has 0 spiro atoms. The molecule has 0 fully saturated rings. The normalized spacial score (nSPS) is 10.9. The molecule has 0 aliphatic heterocycles. The summed E-state index contributed by atoms with van der Waals surface area (Å²) in [6, 6.07) is 11.8. The zero-order valence-electron chi connectivity index (χ0n) is 10.6. The number of halogens is 1. The smallest absolute Gasteiger partial charge is 0.137 e. The lowest BCUT2D eigenvalue weighted by Gasteiger charge is -2.10. The van der Waals surface area contributed by atoms with Gasteiger partial charge in [0.15, 0.2) is 0 Å². The Morgan fingerprint density at radius 2 is 1.74 bits per heavy atom. The van der Waals surface area contributed by atoms with E-state index in [1.807, 2.05) is 36.4 Å². The molecule has 0 unspecified atom stereocenters. The summed E-state index contributed by atoms with van der Waals surface area (Å²) < 4.78 is 11.8. The molecule has 0 aliphatic carbocycles. The van der Waals surface area contributed by atoms with Crippen molar-refractivity contribution in [3.8, 4) is 11.5 Å². The summed E-state index contributed by atoms with van der Waals surface area (Å²) in [5, 5.41) is 1.95. The second-order valence-electron chi connectivity index (χ2n) is 4.19. The van der Waals surface area contributed by atoms with Crippen LogP contribution < -0.4 is 9.47 Å². The van der Waals surface area contributed by atoms with E-state index in [0.717, 1.165) is 37.8 Å². The van der Waals surface area contributed by atoms with E-state index in [1.54, 1.807) is 14.2 Å². The Balaban J connectivity index is 2.45. The van der Waals surface area contributed by atoms with Gasteiger partial charge >= 0.3 is 0 Å². The Morgan fingerprint density at radius 3 is 2.47 bits per heavy atom. The Hall–Kier alpha value is -1.81. The first kappa shape index (κ1) is 12.2. The van der Waals surface area contributed by atoms with Gasteiger partial charge in [-0.25, -0.2) is 4.98 Å². The van der Waals surface area contributed by atoms with Gasteiger partial charge in [-0.15, -0.1) is 0 Å². The number of benzene rings is 2. The number of pyridine rings is 1.